The van der Waals surface area contributed by atoms with Gasteiger partial charge in [-0.05, 0) is 31.5 Å². The first-order valence-electron chi connectivity index (χ1n) is 5.34. The molecule has 0 aliphatic carbocycles. The van der Waals surface area contributed by atoms with E-state index in [0.717, 1.165) is 5.56 Å². The quantitative estimate of drug-likeness (QED) is 0.782. The van der Waals surface area contributed by atoms with Crippen LogP contribution in [-0.2, 0) is 15.9 Å². The van der Waals surface area contributed by atoms with Crippen LogP contribution in [0.1, 0.15) is 19.4 Å². The Morgan fingerprint density at radius 1 is 1.12 bits per heavy atom. The molecule has 0 bridgehead atoms. The van der Waals surface area contributed by atoms with Crippen molar-refractivity contribution in [2.75, 3.05) is 13.2 Å². The van der Waals surface area contributed by atoms with E-state index in [1.165, 1.54) is 0 Å². The second-order valence-electron chi connectivity index (χ2n) is 3.38. The molecule has 0 unspecified atom stereocenters. The van der Waals surface area contributed by atoms with Crippen LogP contribution in [0.5, 0.6) is 0 Å². The maximum Gasteiger partial charge on any atom is 0.284 e. The zero-order valence-corrected chi connectivity index (χ0v) is 10.3. The molecule has 1 rings (SSSR count). The summed E-state index contributed by atoms with van der Waals surface area (Å²) in [6.45, 7) is 4.41. The van der Waals surface area contributed by atoms with Crippen molar-refractivity contribution in [1.29, 1.82) is 0 Å². The molecule has 3 nitrogen and oxygen atoms in total. The van der Waals surface area contributed by atoms with E-state index >= 15 is 0 Å². The molecule has 0 spiro atoms. The number of halogens is 1. The lowest BCUT2D eigenvalue weighted by molar-refractivity contribution is -0.356. The van der Waals surface area contributed by atoms with Gasteiger partial charge in [0.15, 0.2) is 0 Å². The summed E-state index contributed by atoms with van der Waals surface area (Å²) in [6, 6.07) is 7.22. The molecular weight excluding hydrogens is 228 g/mol. The Hall–Kier alpha value is -0.610. The summed E-state index contributed by atoms with van der Waals surface area (Å²) in [7, 11) is 0. The molecule has 0 fully saturated rings. The summed E-state index contributed by atoms with van der Waals surface area (Å²) in [5, 5.41) is 10.7. The molecule has 0 saturated carbocycles. The van der Waals surface area contributed by atoms with Crippen molar-refractivity contribution >= 4 is 11.6 Å². The molecule has 1 aromatic rings. The Labute approximate surface area is 101 Å². The number of rotatable bonds is 6. The van der Waals surface area contributed by atoms with Gasteiger partial charge in [0.25, 0.3) is 5.97 Å². The zero-order chi connectivity index (χ0) is 12.0. The molecular formula is C12H17ClO3. The lowest BCUT2D eigenvalue weighted by Crippen LogP contribution is -2.38. The molecule has 1 aromatic carbocycles. The van der Waals surface area contributed by atoms with Crippen molar-refractivity contribution in [1.82, 2.24) is 0 Å². The maximum atomic E-state index is 10.1. The third-order valence-electron chi connectivity index (χ3n) is 2.08. The van der Waals surface area contributed by atoms with Crippen molar-refractivity contribution in [2.45, 2.75) is 26.2 Å². The Balaban J connectivity index is 2.70. The highest BCUT2D eigenvalue weighted by molar-refractivity contribution is 6.30. The van der Waals surface area contributed by atoms with Gasteiger partial charge in [0, 0.05) is 18.2 Å². The summed E-state index contributed by atoms with van der Waals surface area (Å²) in [5.74, 6) is -1.54. The average Bonchev–Trinajstić information content (AvgIpc) is 2.22. The zero-order valence-electron chi connectivity index (χ0n) is 9.57. The molecule has 90 valence electrons. The highest BCUT2D eigenvalue weighted by Gasteiger charge is 2.28. The maximum absolute atomic E-state index is 10.1. The lowest BCUT2D eigenvalue weighted by Gasteiger charge is -2.27. The molecule has 0 aliphatic heterocycles. The van der Waals surface area contributed by atoms with Gasteiger partial charge < -0.3 is 14.6 Å². The highest BCUT2D eigenvalue weighted by Crippen LogP contribution is 2.18. The van der Waals surface area contributed by atoms with Crippen LogP contribution >= 0.6 is 11.6 Å². The number of hydrogen-bond acceptors (Lipinski definition) is 3. The van der Waals surface area contributed by atoms with Crippen LogP contribution in [0.2, 0.25) is 5.02 Å². The van der Waals surface area contributed by atoms with E-state index in [2.05, 4.69) is 0 Å². The number of aliphatic hydroxyl groups is 1. The fraction of sp³-hybridized carbons (Fsp3) is 0.500. The summed E-state index contributed by atoms with van der Waals surface area (Å²) in [5.41, 5.74) is 0.911. The third kappa shape index (κ3) is 4.10. The minimum absolute atomic E-state index is 0.284. The van der Waals surface area contributed by atoms with Gasteiger partial charge in [-0.2, -0.15) is 0 Å². The van der Waals surface area contributed by atoms with Crippen molar-refractivity contribution in [3.8, 4) is 0 Å². The molecule has 0 heterocycles. The van der Waals surface area contributed by atoms with E-state index in [1.807, 2.05) is 26.0 Å². The van der Waals surface area contributed by atoms with Crippen LogP contribution in [0.3, 0.4) is 0 Å². The molecule has 0 atom stereocenters. The fourth-order valence-electron chi connectivity index (χ4n) is 1.46. The Morgan fingerprint density at radius 3 is 2.06 bits per heavy atom. The van der Waals surface area contributed by atoms with Crippen LogP contribution in [0, 0.1) is 0 Å². The average molecular weight is 245 g/mol. The topological polar surface area (TPSA) is 38.7 Å². The first-order valence-corrected chi connectivity index (χ1v) is 5.72. The highest BCUT2D eigenvalue weighted by atomic mass is 35.5. The van der Waals surface area contributed by atoms with Gasteiger partial charge in [0.1, 0.15) is 0 Å². The molecule has 0 aliphatic rings. The predicted molar refractivity (Wildman–Crippen MR) is 63.4 cm³/mol. The standard InChI is InChI=1S/C12H17ClO3/c1-3-15-12(14,16-4-2)9-10-5-7-11(13)8-6-10/h5-8,14H,3-4,9H2,1-2H3. The molecule has 0 aromatic heterocycles. The predicted octanol–water partition coefficient (Wildman–Crippen LogP) is 2.60. The van der Waals surface area contributed by atoms with E-state index < -0.39 is 5.97 Å². The number of benzene rings is 1. The Morgan fingerprint density at radius 2 is 1.62 bits per heavy atom. The van der Waals surface area contributed by atoms with E-state index in [-0.39, 0.29) is 6.42 Å². The van der Waals surface area contributed by atoms with Crippen molar-refractivity contribution in [2.24, 2.45) is 0 Å². The third-order valence-corrected chi connectivity index (χ3v) is 2.33. The summed E-state index contributed by atoms with van der Waals surface area (Å²) in [4.78, 5) is 0. The van der Waals surface area contributed by atoms with Crippen LogP contribution in [0.25, 0.3) is 0 Å². The van der Waals surface area contributed by atoms with E-state index in [9.17, 15) is 5.11 Å². The number of hydrogen-bond donors (Lipinski definition) is 1. The van der Waals surface area contributed by atoms with Gasteiger partial charge in [0.05, 0.1) is 6.42 Å². The first kappa shape index (κ1) is 13.5. The molecule has 0 amide bonds. The van der Waals surface area contributed by atoms with Crippen molar-refractivity contribution in [3.63, 3.8) is 0 Å². The van der Waals surface area contributed by atoms with E-state index in [1.54, 1.807) is 12.1 Å². The van der Waals surface area contributed by atoms with E-state index in [4.69, 9.17) is 21.1 Å². The Kier molecular flexibility index (Phi) is 5.22. The summed E-state index contributed by atoms with van der Waals surface area (Å²) < 4.78 is 10.4. The van der Waals surface area contributed by atoms with E-state index in [0.29, 0.717) is 18.2 Å². The number of ether oxygens (including phenoxy) is 2. The van der Waals surface area contributed by atoms with Crippen molar-refractivity contribution < 1.29 is 14.6 Å². The van der Waals surface area contributed by atoms with Gasteiger partial charge in [-0.15, -0.1) is 0 Å². The van der Waals surface area contributed by atoms with Gasteiger partial charge in [0.2, 0.25) is 0 Å². The van der Waals surface area contributed by atoms with Crippen LogP contribution in [0.15, 0.2) is 24.3 Å². The minimum atomic E-state index is -1.54. The van der Waals surface area contributed by atoms with Gasteiger partial charge in [-0.25, -0.2) is 0 Å². The lowest BCUT2D eigenvalue weighted by atomic mass is 10.1. The van der Waals surface area contributed by atoms with Crippen molar-refractivity contribution in [3.05, 3.63) is 34.9 Å². The molecule has 1 N–H and O–H groups in total. The molecule has 16 heavy (non-hydrogen) atoms. The second kappa shape index (κ2) is 6.21. The first-order chi connectivity index (χ1) is 7.59. The minimum Gasteiger partial charge on any atom is -0.343 e. The smallest absolute Gasteiger partial charge is 0.284 e. The summed E-state index contributed by atoms with van der Waals surface area (Å²) >= 11 is 5.78. The molecule has 0 saturated heterocycles. The largest absolute Gasteiger partial charge is 0.343 e. The van der Waals surface area contributed by atoms with Gasteiger partial charge in [-0.1, -0.05) is 23.7 Å². The summed E-state index contributed by atoms with van der Waals surface area (Å²) in [6.07, 6.45) is 0.284. The van der Waals surface area contributed by atoms with Crippen LogP contribution in [-0.4, -0.2) is 24.3 Å². The SMILES string of the molecule is CCOC(O)(Cc1ccc(Cl)cc1)OCC. The normalized spacial score (nSPS) is 11.8. The Bertz CT molecular complexity index is 305. The second-order valence-corrected chi connectivity index (χ2v) is 3.82. The van der Waals surface area contributed by atoms with Crippen LogP contribution in [0.4, 0.5) is 0 Å². The fourth-order valence-corrected chi connectivity index (χ4v) is 1.58. The molecule has 0 radical (unpaired) electrons. The van der Waals surface area contributed by atoms with Gasteiger partial charge >= 0.3 is 0 Å². The monoisotopic (exact) mass is 244 g/mol. The van der Waals surface area contributed by atoms with Gasteiger partial charge in [-0.3, -0.25) is 0 Å². The van der Waals surface area contributed by atoms with Crippen LogP contribution < -0.4 is 0 Å². The molecule has 4 heteroatoms.